The third-order valence-electron chi connectivity index (χ3n) is 11.2. The number of hydrogen-bond acceptors (Lipinski definition) is 9. The van der Waals surface area contributed by atoms with Crippen molar-refractivity contribution in [2.24, 2.45) is 0 Å². The number of benzene rings is 5. The standard InChI is InChI=1S/C47H41Cl2N5O7S/c1-27(19-30-5-10-33(11-6-30)34-12-7-31(24-50)8-13-34)51-46(55)42-22-36-21-41-43(23-37(36)25-54(42)62(57,58)45-28(2)52-61-29(45)3)60-44(47(56)53(41)4)35-14-16-38(17-15-35)59-26-32-9-18-39(48)40(49)20-32/h5-18,20-21,23,27,42,44H,19,22,25-26H2,1-4H3,(H,51,55)/t27-,42?,44-/m0/s1. The summed E-state index contributed by atoms with van der Waals surface area (Å²) in [6.07, 6.45) is -0.446. The molecule has 0 saturated carbocycles. The lowest BCUT2D eigenvalue weighted by Crippen LogP contribution is -2.54. The molecule has 62 heavy (non-hydrogen) atoms. The lowest BCUT2D eigenvalue weighted by molar-refractivity contribution is -0.127. The molecule has 2 aliphatic heterocycles. The molecule has 6 aromatic rings. The first-order valence-corrected chi connectivity index (χ1v) is 22.0. The average Bonchev–Trinajstić information content (AvgIpc) is 3.62. The number of nitrogens with one attached hydrogen (secondary N) is 1. The van der Waals surface area contributed by atoms with E-state index < -0.39 is 28.1 Å². The van der Waals surface area contributed by atoms with Crippen molar-refractivity contribution >= 4 is 50.7 Å². The van der Waals surface area contributed by atoms with Crippen molar-refractivity contribution in [1.82, 2.24) is 14.8 Å². The van der Waals surface area contributed by atoms with Gasteiger partial charge in [-0.05, 0) is 116 Å². The molecular weight excluding hydrogens is 850 g/mol. The number of anilines is 1. The Labute approximate surface area is 369 Å². The quantitative estimate of drug-likeness (QED) is 0.135. The molecule has 3 atom stereocenters. The molecule has 1 N–H and O–H groups in total. The van der Waals surface area contributed by atoms with E-state index in [1.165, 1.54) is 16.1 Å². The van der Waals surface area contributed by atoms with Crippen LogP contribution in [0.4, 0.5) is 5.69 Å². The van der Waals surface area contributed by atoms with E-state index in [0.29, 0.717) is 55.9 Å². The Balaban J connectivity index is 1.02. The van der Waals surface area contributed by atoms with Crippen LogP contribution in [0.5, 0.6) is 11.5 Å². The van der Waals surface area contributed by atoms with Crippen LogP contribution in [0.1, 0.15) is 57.9 Å². The average molecular weight is 891 g/mol. The Hall–Kier alpha value is -6.17. The van der Waals surface area contributed by atoms with Crippen molar-refractivity contribution in [2.75, 3.05) is 11.9 Å². The van der Waals surface area contributed by atoms with Crippen LogP contribution in [0, 0.1) is 25.2 Å². The molecule has 0 radical (unpaired) electrons. The van der Waals surface area contributed by atoms with Gasteiger partial charge in [0.15, 0.2) is 5.76 Å². The predicted octanol–water partition coefficient (Wildman–Crippen LogP) is 8.68. The summed E-state index contributed by atoms with van der Waals surface area (Å²) in [6, 6.07) is 31.8. The number of ether oxygens (including phenoxy) is 2. The fourth-order valence-electron chi connectivity index (χ4n) is 7.90. The van der Waals surface area contributed by atoms with Crippen molar-refractivity contribution in [3.63, 3.8) is 0 Å². The summed E-state index contributed by atoms with van der Waals surface area (Å²) >= 11 is 12.2. The molecule has 0 spiro atoms. The van der Waals surface area contributed by atoms with E-state index in [0.717, 1.165) is 22.3 Å². The first-order chi connectivity index (χ1) is 29.7. The van der Waals surface area contributed by atoms with Crippen molar-refractivity contribution in [1.29, 1.82) is 5.26 Å². The molecule has 3 heterocycles. The summed E-state index contributed by atoms with van der Waals surface area (Å²) in [7, 11) is -2.64. The van der Waals surface area contributed by atoms with Crippen molar-refractivity contribution < 1.29 is 32.0 Å². The fraction of sp³-hybridized carbons (Fsp3) is 0.234. The molecule has 0 fully saturated rings. The molecule has 1 aromatic heterocycles. The van der Waals surface area contributed by atoms with Crippen LogP contribution >= 0.6 is 23.2 Å². The lowest BCUT2D eigenvalue weighted by atomic mass is 9.93. The second-order valence-corrected chi connectivity index (χ2v) is 18.2. The highest BCUT2D eigenvalue weighted by Gasteiger charge is 2.44. The second kappa shape index (κ2) is 17.3. The monoisotopic (exact) mass is 889 g/mol. The van der Waals surface area contributed by atoms with E-state index in [4.69, 9.17) is 42.5 Å². The van der Waals surface area contributed by atoms with Gasteiger partial charge in [0.25, 0.3) is 5.91 Å². The number of fused-ring (bicyclic) bond motifs is 2. The molecule has 15 heteroatoms. The number of aromatic nitrogens is 1. The Bertz CT molecular complexity index is 2820. The SMILES string of the molecule is Cc1noc(C)c1S(=O)(=O)N1Cc2cc3c(cc2CC1C(=O)N[C@@H](C)Cc1ccc(-c2ccc(C#N)cc2)cc1)N(C)C(=O)[C@H](c1ccc(OCc2ccc(Cl)c(Cl)c2)cc1)O3. The Morgan fingerprint density at radius 1 is 0.935 bits per heavy atom. The van der Waals surface area contributed by atoms with E-state index in [9.17, 15) is 18.0 Å². The van der Waals surface area contributed by atoms with Crippen molar-refractivity contribution in [3.05, 3.63) is 158 Å². The zero-order chi connectivity index (χ0) is 43.9. The number of nitrogens with zero attached hydrogens (tertiary/aromatic N) is 4. The Morgan fingerprint density at radius 2 is 1.61 bits per heavy atom. The van der Waals surface area contributed by atoms with E-state index in [2.05, 4.69) is 16.5 Å². The molecule has 0 aliphatic carbocycles. The Kier molecular flexibility index (Phi) is 11.9. The molecular formula is C47H41Cl2N5O7S. The van der Waals surface area contributed by atoms with Crippen LogP contribution in [-0.4, -0.2) is 48.8 Å². The van der Waals surface area contributed by atoms with Crippen molar-refractivity contribution in [2.45, 2.75) is 69.8 Å². The normalized spacial score (nSPS) is 16.7. The molecule has 316 valence electrons. The molecule has 2 aliphatic rings. The smallest absolute Gasteiger partial charge is 0.272 e. The van der Waals surface area contributed by atoms with Crippen LogP contribution in [0.15, 0.2) is 113 Å². The van der Waals surface area contributed by atoms with Crippen molar-refractivity contribution in [3.8, 4) is 28.7 Å². The minimum atomic E-state index is -4.30. The van der Waals surface area contributed by atoms with Crippen LogP contribution < -0.4 is 19.7 Å². The number of sulfonamides is 1. The maximum absolute atomic E-state index is 14.5. The van der Waals surface area contributed by atoms with Gasteiger partial charge in [-0.1, -0.05) is 83.0 Å². The molecule has 0 bridgehead atoms. The molecule has 0 saturated heterocycles. The number of nitriles is 1. The summed E-state index contributed by atoms with van der Waals surface area (Å²) in [5, 5.41) is 17.0. The summed E-state index contributed by atoms with van der Waals surface area (Å²) < 4.78 is 47.8. The predicted molar refractivity (Wildman–Crippen MR) is 235 cm³/mol. The highest BCUT2D eigenvalue weighted by molar-refractivity contribution is 7.89. The number of carbonyl (C=O) groups is 2. The first-order valence-electron chi connectivity index (χ1n) is 19.8. The topological polar surface area (TPSA) is 155 Å². The summed E-state index contributed by atoms with van der Waals surface area (Å²) in [6.45, 7) is 5.07. The summed E-state index contributed by atoms with van der Waals surface area (Å²) in [4.78, 5) is 29.5. The van der Waals surface area contributed by atoms with Gasteiger partial charge < -0.3 is 24.2 Å². The van der Waals surface area contributed by atoms with Gasteiger partial charge >= 0.3 is 0 Å². The summed E-state index contributed by atoms with van der Waals surface area (Å²) in [5.74, 6) is 0.331. The molecule has 12 nitrogen and oxygen atoms in total. The summed E-state index contributed by atoms with van der Waals surface area (Å²) in [5.41, 5.74) is 7.01. The van der Waals surface area contributed by atoms with Crippen LogP contribution in [0.25, 0.3) is 11.1 Å². The minimum Gasteiger partial charge on any atom is -0.489 e. The van der Waals surface area contributed by atoms with Gasteiger partial charge in [0.1, 0.15) is 34.7 Å². The van der Waals surface area contributed by atoms with Gasteiger partial charge in [-0.3, -0.25) is 9.59 Å². The number of rotatable bonds is 11. The number of aryl methyl sites for hydroxylation is 2. The first kappa shape index (κ1) is 42.5. The van der Waals surface area contributed by atoms with Gasteiger partial charge in [-0.25, -0.2) is 8.42 Å². The second-order valence-electron chi connectivity index (χ2n) is 15.5. The third-order valence-corrected chi connectivity index (χ3v) is 14.0. The lowest BCUT2D eigenvalue weighted by Gasteiger charge is -2.38. The van der Waals surface area contributed by atoms with Crippen LogP contribution in [-0.2, 0) is 45.6 Å². The zero-order valence-corrected chi connectivity index (χ0v) is 36.5. The van der Waals surface area contributed by atoms with Gasteiger partial charge in [0, 0.05) is 25.2 Å². The van der Waals surface area contributed by atoms with E-state index in [1.54, 1.807) is 74.6 Å². The highest BCUT2D eigenvalue weighted by atomic mass is 35.5. The minimum absolute atomic E-state index is 0.0399. The van der Waals surface area contributed by atoms with Crippen LogP contribution in [0.3, 0.4) is 0 Å². The number of likely N-dealkylation sites (N-methyl/N-ethyl adjacent to an activating group) is 1. The maximum Gasteiger partial charge on any atom is 0.272 e. The van der Waals surface area contributed by atoms with Gasteiger partial charge in [-0.2, -0.15) is 9.57 Å². The maximum atomic E-state index is 14.5. The highest BCUT2D eigenvalue weighted by Crippen LogP contribution is 2.43. The number of hydrogen-bond donors (Lipinski definition) is 1. The van der Waals surface area contributed by atoms with Gasteiger partial charge in [-0.15, -0.1) is 0 Å². The largest absolute Gasteiger partial charge is 0.489 e. The molecule has 1 unspecified atom stereocenters. The van der Waals surface area contributed by atoms with E-state index in [1.807, 2.05) is 49.4 Å². The van der Waals surface area contributed by atoms with Gasteiger partial charge in [0.2, 0.25) is 22.0 Å². The van der Waals surface area contributed by atoms with E-state index >= 15 is 0 Å². The number of amides is 2. The number of halogens is 2. The van der Waals surface area contributed by atoms with Crippen LogP contribution in [0.2, 0.25) is 10.0 Å². The number of carbonyl (C=O) groups excluding carboxylic acids is 2. The third kappa shape index (κ3) is 8.52. The molecule has 2 amide bonds. The fourth-order valence-corrected chi connectivity index (χ4v) is 10.1. The Morgan fingerprint density at radius 3 is 2.26 bits per heavy atom. The molecule has 5 aromatic carbocycles. The van der Waals surface area contributed by atoms with E-state index in [-0.39, 0.29) is 47.9 Å². The van der Waals surface area contributed by atoms with Gasteiger partial charge in [0.05, 0.1) is 27.4 Å². The molecule has 8 rings (SSSR count). The zero-order valence-electron chi connectivity index (χ0n) is 34.2.